The fraction of sp³-hybridized carbons (Fsp3) is 0.857. The van der Waals surface area contributed by atoms with Crippen molar-refractivity contribution < 1.29 is 9.59 Å². The molecule has 3 atom stereocenters. The Morgan fingerprint density at radius 3 is 3.00 bits per heavy atom. The smallest absolute Gasteiger partial charge is 0.239 e. The van der Waals surface area contributed by atoms with Crippen LogP contribution in [0.3, 0.4) is 0 Å². The Balaban J connectivity index is 1.63. The van der Waals surface area contributed by atoms with Crippen LogP contribution in [0.2, 0.25) is 0 Å². The second-order valence-corrected chi connectivity index (χ2v) is 7.13. The summed E-state index contributed by atoms with van der Waals surface area (Å²) in [5.74, 6) is 2.28. The van der Waals surface area contributed by atoms with Gasteiger partial charge in [0.1, 0.15) is 0 Å². The Bertz CT molecular complexity index is 385. The molecule has 0 radical (unpaired) electrons. The average Bonchev–Trinajstić information content (AvgIpc) is 2.47. The van der Waals surface area contributed by atoms with E-state index in [-0.39, 0.29) is 36.5 Å². The SMILES string of the molecule is O=C1CN(C(=O)CC2CSCCN2)C2CCCCC2N1. The van der Waals surface area contributed by atoms with E-state index in [1.165, 1.54) is 6.42 Å². The number of hydrogen-bond donors (Lipinski definition) is 2. The Labute approximate surface area is 124 Å². The number of amides is 2. The van der Waals surface area contributed by atoms with Crippen LogP contribution < -0.4 is 10.6 Å². The first-order chi connectivity index (χ1) is 9.74. The summed E-state index contributed by atoms with van der Waals surface area (Å²) in [4.78, 5) is 26.2. The molecule has 2 saturated heterocycles. The summed E-state index contributed by atoms with van der Waals surface area (Å²) in [6, 6.07) is 0.682. The van der Waals surface area contributed by atoms with Gasteiger partial charge in [0.05, 0.1) is 12.6 Å². The Morgan fingerprint density at radius 1 is 1.35 bits per heavy atom. The summed E-state index contributed by atoms with van der Waals surface area (Å²) in [7, 11) is 0. The zero-order valence-corrected chi connectivity index (χ0v) is 12.6. The molecular weight excluding hydrogens is 274 g/mol. The topological polar surface area (TPSA) is 61.4 Å². The maximum absolute atomic E-state index is 12.6. The zero-order chi connectivity index (χ0) is 13.9. The van der Waals surface area contributed by atoms with Gasteiger partial charge in [-0.05, 0) is 12.8 Å². The van der Waals surface area contributed by atoms with Gasteiger partial charge in [-0.3, -0.25) is 9.59 Å². The van der Waals surface area contributed by atoms with Crippen molar-refractivity contribution in [2.24, 2.45) is 0 Å². The monoisotopic (exact) mass is 297 g/mol. The first-order valence-corrected chi connectivity index (χ1v) is 8.79. The van der Waals surface area contributed by atoms with Gasteiger partial charge < -0.3 is 15.5 Å². The molecule has 3 unspecified atom stereocenters. The molecule has 112 valence electrons. The van der Waals surface area contributed by atoms with Crippen LogP contribution in [-0.2, 0) is 9.59 Å². The van der Waals surface area contributed by atoms with Crippen molar-refractivity contribution in [3.8, 4) is 0 Å². The van der Waals surface area contributed by atoms with Gasteiger partial charge in [-0.25, -0.2) is 0 Å². The van der Waals surface area contributed by atoms with Crippen molar-refractivity contribution >= 4 is 23.6 Å². The lowest BCUT2D eigenvalue weighted by molar-refractivity contribution is -0.144. The van der Waals surface area contributed by atoms with Gasteiger partial charge in [0.25, 0.3) is 0 Å². The van der Waals surface area contributed by atoms with E-state index in [1.807, 2.05) is 16.7 Å². The minimum Gasteiger partial charge on any atom is -0.350 e. The fourth-order valence-electron chi connectivity index (χ4n) is 3.53. The molecule has 2 aliphatic heterocycles. The van der Waals surface area contributed by atoms with Crippen LogP contribution >= 0.6 is 11.8 Å². The van der Waals surface area contributed by atoms with E-state index < -0.39 is 0 Å². The van der Waals surface area contributed by atoms with Crippen LogP contribution in [0.15, 0.2) is 0 Å². The predicted octanol–water partition coefficient (Wildman–Crippen LogP) is 0.351. The second-order valence-electron chi connectivity index (χ2n) is 5.98. The number of hydrogen-bond acceptors (Lipinski definition) is 4. The van der Waals surface area contributed by atoms with Crippen LogP contribution in [-0.4, -0.2) is 59.4 Å². The minimum atomic E-state index is 0.00692. The summed E-state index contributed by atoms with van der Waals surface area (Å²) in [6.07, 6.45) is 4.90. The van der Waals surface area contributed by atoms with E-state index in [4.69, 9.17) is 0 Å². The van der Waals surface area contributed by atoms with Crippen molar-refractivity contribution in [1.29, 1.82) is 0 Å². The maximum atomic E-state index is 12.6. The number of piperazine rings is 1. The number of nitrogens with zero attached hydrogens (tertiary/aromatic N) is 1. The summed E-state index contributed by atoms with van der Waals surface area (Å²) in [6.45, 7) is 1.23. The van der Waals surface area contributed by atoms with Crippen LogP contribution in [0, 0.1) is 0 Å². The first-order valence-electron chi connectivity index (χ1n) is 7.64. The van der Waals surface area contributed by atoms with Crippen molar-refractivity contribution in [2.75, 3.05) is 24.6 Å². The van der Waals surface area contributed by atoms with Crippen molar-refractivity contribution in [1.82, 2.24) is 15.5 Å². The average molecular weight is 297 g/mol. The van der Waals surface area contributed by atoms with Crippen molar-refractivity contribution in [3.63, 3.8) is 0 Å². The number of rotatable bonds is 2. The van der Waals surface area contributed by atoms with Crippen LogP contribution in [0.5, 0.6) is 0 Å². The van der Waals surface area contributed by atoms with Crippen molar-refractivity contribution in [2.45, 2.75) is 50.2 Å². The molecule has 0 spiro atoms. The molecule has 2 amide bonds. The molecule has 3 fully saturated rings. The summed E-state index contributed by atoms with van der Waals surface area (Å²) >= 11 is 1.90. The molecule has 6 heteroatoms. The third-order valence-electron chi connectivity index (χ3n) is 4.53. The molecule has 3 aliphatic rings. The molecule has 2 heterocycles. The zero-order valence-electron chi connectivity index (χ0n) is 11.8. The third kappa shape index (κ3) is 3.11. The molecule has 1 aliphatic carbocycles. The van der Waals surface area contributed by atoms with E-state index in [2.05, 4.69) is 10.6 Å². The van der Waals surface area contributed by atoms with Gasteiger partial charge in [-0.2, -0.15) is 11.8 Å². The normalized spacial score (nSPS) is 34.3. The second kappa shape index (κ2) is 6.35. The molecule has 1 saturated carbocycles. The quantitative estimate of drug-likeness (QED) is 0.772. The Morgan fingerprint density at radius 2 is 2.20 bits per heavy atom. The molecule has 0 aromatic rings. The van der Waals surface area contributed by atoms with Crippen molar-refractivity contribution in [3.05, 3.63) is 0 Å². The van der Waals surface area contributed by atoms with E-state index in [9.17, 15) is 9.59 Å². The van der Waals surface area contributed by atoms with Gasteiger partial charge in [-0.1, -0.05) is 12.8 Å². The van der Waals surface area contributed by atoms with Gasteiger partial charge in [0, 0.05) is 36.6 Å². The molecular formula is C14H23N3O2S. The number of fused-ring (bicyclic) bond motifs is 1. The van der Waals surface area contributed by atoms with Gasteiger partial charge in [-0.15, -0.1) is 0 Å². The molecule has 2 N–H and O–H groups in total. The van der Waals surface area contributed by atoms with E-state index in [1.54, 1.807) is 0 Å². The third-order valence-corrected chi connectivity index (χ3v) is 5.66. The molecule has 3 rings (SSSR count). The molecule has 0 bridgehead atoms. The Hall–Kier alpha value is -0.750. The fourth-order valence-corrected chi connectivity index (χ4v) is 4.48. The summed E-state index contributed by atoms with van der Waals surface area (Å²) in [5, 5.41) is 6.46. The summed E-state index contributed by atoms with van der Waals surface area (Å²) < 4.78 is 0. The highest BCUT2D eigenvalue weighted by molar-refractivity contribution is 7.99. The largest absolute Gasteiger partial charge is 0.350 e. The number of carbonyl (C=O) groups excluding carboxylic acids is 2. The Kier molecular flexibility index (Phi) is 4.51. The van der Waals surface area contributed by atoms with Crippen LogP contribution in [0.1, 0.15) is 32.1 Å². The lowest BCUT2D eigenvalue weighted by atomic mass is 9.87. The molecule has 0 aromatic heterocycles. The van der Waals surface area contributed by atoms with Crippen LogP contribution in [0.25, 0.3) is 0 Å². The minimum absolute atomic E-state index is 0.00692. The summed E-state index contributed by atoms with van der Waals surface area (Å²) in [5.41, 5.74) is 0. The first kappa shape index (κ1) is 14.2. The highest BCUT2D eigenvalue weighted by atomic mass is 32.2. The standard InChI is InChI=1S/C14H23N3O2S/c18-13-8-17(12-4-2-1-3-11(12)16-13)14(19)7-10-9-20-6-5-15-10/h10-12,15H,1-9H2,(H,16,18). The van der Waals surface area contributed by atoms with Gasteiger partial charge in [0.15, 0.2) is 0 Å². The van der Waals surface area contributed by atoms with Gasteiger partial charge >= 0.3 is 0 Å². The van der Waals surface area contributed by atoms with Gasteiger partial charge in [0.2, 0.25) is 11.8 Å². The molecule has 5 nitrogen and oxygen atoms in total. The molecule has 0 aromatic carbocycles. The number of carbonyl (C=O) groups is 2. The predicted molar refractivity (Wildman–Crippen MR) is 79.6 cm³/mol. The number of nitrogens with one attached hydrogen (secondary N) is 2. The highest BCUT2D eigenvalue weighted by Gasteiger charge is 2.39. The number of thioether (sulfide) groups is 1. The molecule has 20 heavy (non-hydrogen) atoms. The maximum Gasteiger partial charge on any atom is 0.239 e. The lowest BCUT2D eigenvalue weighted by Gasteiger charge is -2.44. The van der Waals surface area contributed by atoms with E-state index in [0.29, 0.717) is 6.42 Å². The lowest BCUT2D eigenvalue weighted by Crippen LogP contribution is -2.63. The highest BCUT2D eigenvalue weighted by Crippen LogP contribution is 2.26. The van der Waals surface area contributed by atoms with E-state index in [0.717, 1.165) is 37.3 Å². The van der Waals surface area contributed by atoms with E-state index >= 15 is 0 Å². The van der Waals surface area contributed by atoms with Crippen LogP contribution in [0.4, 0.5) is 0 Å².